The third-order valence-corrected chi connectivity index (χ3v) is 3.93. The molecule has 8 heteroatoms. The maximum Gasteiger partial charge on any atom is 0.445 e. The molecule has 2 heterocycles. The van der Waals surface area contributed by atoms with Crippen molar-refractivity contribution in [3.8, 4) is 0 Å². The molecule has 0 aliphatic heterocycles. The molecule has 0 spiro atoms. The molecule has 2 rings (SSSR count). The molecule has 0 atom stereocenters. The van der Waals surface area contributed by atoms with Gasteiger partial charge in [0.25, 0.3) is 0 Å². The highest BCUT2D eigenvalue weighted by Crippen LogP contribution is 2.35. The van der Waals surface area contributed by atoms with E-state index in [2.05, 4.69) is 15.2 Å². The van der Waals surface area contributed by atoms with Gasteiger partial charge in [-0.2, -0.15) is 13.2 Å². The van der Waals surface area contributed by atoms with Gasteiger partial charge in [-0.1, -0.05) is 23.1 Å². The van der Waals surface area contributed by atoms with Crippen LogP contribution in [0.25, 0.3) is 0 Å². The van der Waals surface area contributed by atoms with Crippen LogP contribution in [-0.4, -0.2) is 15.2 Å². The van der Waals surface area contributed by atoms with Gasteiger partial charge in [0.1, 0.15) is 0 Å². The standard InChI is InChI=1S/C9H6F3N3S2/c10-9(11,12)7-14-15-8(17-7)16-5-6-1-3-13-4-2-6/h1-4H,5H2. The Morgan fingerprint density at radius 2 is 1.88 bits per heavy atom. The summed E-state index contributed by atoms with van der Waals surface area (Å²) in [5, 5.41) is 5.70. The molecule has 0 saturated heterocycles. The summed E-state index contributed by atoms with van der Waals surface area (Å²) in [5.74, 6) is 0.551. The molecule has 90 valence electrons. The number of hydrogen-bond donors (Lipinski definition) is 0. The minimum atomic E-state index is -4.41. The summed E-state index contributed by atoms with van der Waals surface area (Å²) in [6.45, 7) is 0. The Labute approximate surface area is 103 Å². The Balaban J connectivity index is 1.99. The number of pyridine rings is 1. The summed E-state index contributed by atoms with van der Waals surface area (Å²) in [6, 6.07) is 3.61. The van der Waals surface area contributed by atoms with E-state index in [0.29, 0.717) is 21.4 Å². The van der Waals surface area contributed by atoms with Gasteiger partial charge in [-0.25, -0.2) is 0 Å². The van der Waals surface area contributed by atoms with Gasteiger partial charge in [0.15, 0.2) is 4.34 Å². The second-order valence-corrected chi connectivity index (χ2v) is 5.22. The number of aromatic nitrogens is 3. The SMILES string of the molecule is FC(F)(F)c1nnc(SCc2ccncc2)s1. The van der Waals surface area contributed by atoms with Gasteiger partial charge in [-0.05, 0) is 17.7 Å². The molecule has 2 aromatic rings. The van der Waals surface area contributed by atoms with Crippen LogP contribution < -0.4 is 0 Å². The summed E-state index contributed by atoms with van der Waals surface area (Å²) in [6.07, 6.45) is -1.14. The van der Waals surface area contributed by atoms with Crippen LogP contribution in [0, 0.1) is 0 Å². The molecular weight excluding hydrogens is 271 g/mol. The van der Waals surface area contributed by atoms with E-state index in [-0.39, 0.29) is 0 Å². The van der Waals surface area contributed by atoms with Gasteiger partial charge >= 0.3 is 6.18 Å². The van der Waals surface area contributed by atoms with Gasteiger partial charge < -0.3 is 0 Å². The molecular formula is C9H6F3N3S2. The molecule has 0 bridgehead atoms. The Morgan fingerprint density at radius 3 is 2.47 bits per heavy atom. The third-order valence-electron chi connectivity index (χ3n) is 1.76. The molecule has 0 aliphatic carbocycles. The number of hydrogen-bond acceptors (Lipinski definition) is 5. The van der Waals surface area contributed by atoms with Crippen molar-refractivity contribution in [3.05, 3.63) is 35.1 Å². The van der Waals surface area contributed by atoms with Gasteiger partial charge in [-0.15, -0.1) is 10.2 Å². The summed E-state index contributed by atoms with van der Waals surface area (Å²) < 4.78 is 37.1. The van der Waals surface area contributed by atoms with E-state index in [4.69, 9.17) is 0 Å². The van der Waals surface area contributed by atoms with Gasteiger partial charge in [0, 0.05) is 18.1 Å². The minimum Gasteiger partial charge on any atom is -0.265 e. The summed E-state index contributed by atoms with van der Waals surface area (Å²) in [7, 11) is 0. The van der Waals surface area contributed by atoms with Crippen LogP contribution in [0.5, 0.6) is 0 Å². The third kappa shape index (κ3) is 3.40. The lowest BCUT2D eigenvalue weighted by atomic mass is 10.3. The van der Waals surface area contributed by atoms with Crippen LogP contribution >= 0.6 is 23.1 Å². The largest absolute Gasteiger partial charge is 0.445 e. The van der Waals surface area contributed by atoms with Crippen molar-refractivity contribution < 1.29 is 13.2 Å². The van der Waals surface area contributed by atoms with E-state index in [1.165, 1.54) is 11.8 Å². The highest BCUT2D eigenvalue weighted by molar-refractivity contribution is 8.00. The van der Waals surface area contributed by atoms with Crippen LogP contribution in [0.15, 0.2) is 28.9 Å². The first kappa shape index (κ1) is 12.3. The maximum atomic E-state index is 12.3. The van der Waals surface area contributed by atoms with Gasteiger partial charge in [0.2, 0.25) is 5.01 Å². The molecule has 0 N–H and O–H groups in total. The normalized spacial score (nSPS) is 11.7. The fraction of sp³-hybridized carbons (Fsp3) is 0.222. The van der Waals surface area contributed by atoms with E-state index >= 15 is 0 Å². The Hall–Kier alpha value is -1.15. The maximum absolute atomic E-state index is 12.3. The highest BCUT2D eigenvalue weighted by Gasteiger charge is 2.35. The second-order valence-electron chi connectivity index (χ2n) is 3.02. The van der Waals surface area contributed by atoms with Crippen LogP contribution in [-0.2, 0) is 11.9 Å². The zero-order chi connectivity index (χ0) is 12.3. The number of rotatable bonds is 3. The number of alkyl halides is 3. The monoisotopic (exact) mass is 277 g/mol. The summed E-state index contributed by atoms with van der Waals surface area (Å²) in [5.41, 5.74) is 0.980. The van der Waals surface area contributed by atoms with E-state index in [0.717, 1.165) is 5.56 Å². The molecule has 3 nitrogen and oxygen atoms in total. The lowest BCUT2D eigenvalue weighted by molar-refractivity contribution is -0.138. The van der Waals surface area contributed by atoms with Crippen LogP contribution in [0.1, 0.15) is 10.6 Å². The van der Waals surface area contributed by atoms with Gasteiger partial charge in [0.05, 0.1) is 0 Å². The number of nitrogens with zero attached hydrogens (tertiary/aromatic N) is 3. The smallest absolute Gasteiger partial charge is 0.265 e. The van der Waals surface area contributed by atoms with E-state index in [9.17, 15) is 13.2 Å². The molecule has 0 amide bonds. The second kappa shape index (κ2) is 5.01. The Morgan fingerprint density at radius 1 is 1.18 bits per heavy atom. The predicted molar refractivity (Wildman–Crippen MR) is 58.7 cm³/mol. The summed E-state index contributed by atoms with van der Waals surface area (Å²) in [4.78, 5) is 3.85. The van der Waals surface area contributed by atoms with Crippen LogP contribution in [0.2, 0.25) is 0 Å². The van der Waals surface area contributed by atoms with E-state index in [1.807, 2.05) is 0 Å². The molecule has 17 heavy (non-hydrogen) atoms. The Bertz CT molecular complexity index is 484. The molecule has 0 unspecified atom stereocenters. The number of halogens is 3. The molecule has 0 aliphatic rings. The molecule has 2 aromatic heterocycles. The first-order valence-corrected chi connectivity index (χ1v) is 6.28. The van der Waals surface area contributed by atoms with Crippen molar-refractivity contribution in [2.45, 2.75) is 16.3 Å². The number of thioether (sulfide) groups is 1. The molecule has 0 radical (unpaired) electrons. The lowest BCUT2D eigenvalue weighted by Crippen LogP contribution is -2.03. The van der Waals surface area contributed by atoms with Crippen molar-refractivity contribution >= 4 is 23.1 Å². The van der Waals surface area contributed by atoms with Crippen molar-refractivity contribution in [1.29, 1.82) is 0 Å². The predicted octanol–water partition coefficient (Wildman–Crippen LogP) is 3.24. The zero-order valence-electron chi connectivity index (χ0n) is 8.31. The topological polar surface area (TPSA) is 38.7 Å². The van der Waals surface area contributed by atoms with Crippen LogP contribution in [0.4, 0.5) is 13.2 Å². The van der Waals surface area contributed by atoms with Crippen LogP contribution in [0.3, 0.4) is 0 Å². The molecule has 0 fully saturated rings. The van der Waals surface area contributed by atoms with Crippen molar-refractivity contribution in [1.82, 2.24) is 15.2 Å². The van der Waals surface area contributed by atoms with Crippen molar-refractivity contribution in [2.24, 2.45) is 0 Å². The van der Waals surface area contributed by atoms with Crippen molar-refractivity contribution in [3.63, 3.8) is 0 Å². The quantitative estimate of drug-likeness (QED) is 0.807. The summed E-state index contributed by atoms with van der Waals surface area (Å²) >= 11 is 1.79. The highest BCUT2D eigenvalue weighted by atomic mass is 32.2. The average Bonchev–Trinajstić information content (AvgIpc) is 2.76. The van der Waals surface area contributed by atoms with E-state index < -0.39 is 11.2 Å². The molecule has 0 aromatic carbocycles. The molecule has 0 saturated carbocycles. The van der Waals surface area contributed by atoms with Gasteiger partial charge in [-0.3, -0.25) is 4.98 Å². The lowest BCUT2D eigenvalue weighted by Gasteiger charge is -1.98. The first-order valence-electron chi connectivity index (χ1n) is 4.48. The zero-order valence-corrected chi connectivity index (χ0v) is 9.94. The fourth-order valence-electron chi connectivity index (χ4n) is 1.01. The first-order chi connectivity index (χ1) is 8.05. The fourth-order valence-corrected chi connectivity index (χ4v) is 2.68. The average molecular weight is 277 g/mol. The Kier molecular flexibility index (Phi) is 3.63. The minimum absolute atomic E-state index is 0.314. The van der Waals surface area contributed by atoms with Crippen molar-refractivity contribution in [2.75, 3.05) is 0 Å². The van der Waals surface area contributed by atoms with E-state index in [1.54, 1.807) is 24.5 Å².